The van der Waals surface area contributed by atoms with Crippen LogP contribution in [-0.2, 0) is 25.9 Å². The van der Waals surface area contributed by atoms with E-state index in [1.54, 1.807) is 25.3 Å². The molecule has 10 rings (SSSR count). The van der Waals surface area contributed by atoms with Gasteiger partial charge in [0, 0.05) is 25.2 Å². The van der Waals surface area contributed by atoms with Gasteiger partial charge in [0.2, 0.25) is 0 Å². The number of rotatable bonds is 2. The number of hydrogen-bond acceptors (Lipinski definition) is 4. The summed E-state index contributed by atoms with van der Waals surface area (Å²) in [6.45, 7) is 13.4. The lowest BCUT2D eigenvalue weighted by Crippen LogP contribution is -2.35. The normalized spacial score (nSPS) is 19.3. The summed E-state index contributed by atoms with van der Waals surface area (Å²) in [5.74, 6) is 2.01. The molecule has 4 aliphatic heterocycles. The molecule has 6 aromatic rings. The molecule has 4 heterocycles. The predicted molar refractivity (Wildman–Crippen MR) is 223 cm³/mol. The highest BCUT2D eigenvalue weighted by Crippen LogP contribution is 2.44. The Kier molecular flexibility index (Phi) is 9.78. The molecule has 6 aromatic carbocycles. The van der Waals surface area contributed by atoms with Crippen molar-refractivity contribution in [3.63, 3.8) is 0 Å². The maximum Gasteiger partial charge on any atom is 0.122 e. The van der Waals surface area contributed by atoms with Crippen molar-refractivity contribution < 1.29 is 9.47 Å². The smallest absolute Gasteiger partial charge is 0.122 e. The molecule has 2 fully saturated rings. The van der Waals surface area contributed by atoms with E-state index in [0.29, 0.717) is 0 Å². The van der Waals surface area contributed by atoms with Crippen LogP contribution in [0.5, 0.6) is 11.5 Å². The van der Waals surface area contributed by atoms with Crippen LogP contribution in [0.4, 0.5) is 0 Å². The highest BCUT2D eigenvalue weighted by Gasteiger charge is 2.33. The Balaban J connectivity index is 0.000000156. The maximum absolute atomic E-state index is 5.65. The molecule has 0 bridgehead atoms. The van der Waals surface area contributed by atoms with Gasteiger partial charge in [-0.05, 0) is 180 Å². The molecule has 2 atom stereocenters. The third kappa shape index (κ3) is 5.83. The Labute approximate surface area is 311 Å². The molecular weight excluding hydrogens is 637 g/mol. The van der Waals surface area contributed by atoms with Gasteiger partial charge < -0.3 is 9.47 Å². The fourth-order valence-corrected chi connectivity index (χ4v) is 10.1. The van der Waals surface area contributed by atoms with Gasteiger partial charge in [0.25, 0.3) is 0 Å². The number of hydrogen-bond donors (Lipinski definition) is 0. The van der Waals surface area contributed by atoms with Crippen molar-refractivity contribution in [2.24, 2.45) is 0 Å². The van der Waals surface area contributed by atoms with E-state index in [4.69, 9.17) is 9.47 Å². The molecule has 0 amide bonds. The van der Waals surface area contributed by atoms with Crippen LogP contribution in [0.3, 0.4) is 0 Å². The Bertz CT molecular complexity index is 2170. The Morgan fingerprint density at radius 1 is 0.481 bits per heavy atom. The molecule has 4 heteroatoms. The van der Waals surface area contributed by atoms with Crippen LogP contribution in [0.15, 0.2) is 60.7 Å². The summed E-state index contributed by atoms with van der Waals surface area (Å²) in [4.78, 5) is 5.38. The molecule has 0 spiro atoms. The van der Waals surface area contributed by atoms with Gasteiger partial charge in [-0.25, -0.2) is 0 Å². The molecule has 0 saturated carbocycles. The predicted octanol–water partition coefficient (Wildman–Crippen LogP) is 11.6. The average Bonchev–Trinajstić information content (AvgIpc) is 3.79. The van der Waals surface area contributed by atoms with Crippen molar-refractivity contribution in [1.29, 1.82) is 0 Å². The third-order valence-corrected chi connectivity index (χ3v) is 12.6. The van der Waals surface area contributed by atoms with Crippen LogP contribution in [0, 0.1) is 27.7 Å². The quantitative estimate of drug-likeness (QED) is 0.168. The summed E-state index contributed by atoms with van der Waals surface area (Å²) < 4.78 is 11.3. The summed E-state index contributed by atoms with van der Waals surface area (Å²) in [6.07, 6.45) is 7.78. The van der Waals surface area contributed by atoms with E-state index in [2.05, 4.69) is 98.2 Å². The second-order valence-corrected chi connectivity index (χ2v) is 15.7. The van der Waals surface area contributed by atoms with E-state index in [1.165, 1.54) is 128 Å². The first-order valence-electron chi connectivity index (χ1n) is 18.8. The first-order chi connectivity index (χ1) is 24.3. The zero-order valence-corrected chi connectivity index (χ0v) is 30.7. The summed E-state index contributed by atoms with van der Waals surface area (Å²) >= 11 is 0. The topological polar surface area (TPSA) is 24.9 Å². The van der Waals surface area contributed by atoms with E-state index < -0.39 is 0 Å². The SMILES string of the molecule is C.C.COc1cc2c3c(c4ccc(C)cc4c2cc1C)C[C@@H]1CCCN1C3.COc1cc2c3c(c4ccc(C)cc4c2cc1C)C[C@@H]1CCCN1C3. The van der Waals surface area contributed by atoms with Crippen molar-refractivity contribution in [2.75, 3.05) is 27.3 Å². The van der Waals surface area contributed by atoms with E-state index in [9.17, 15) is 0 Å². The lowest BCUT2D eigenvalue weighted by molar-refractivity contribution is 0.229. The number of fused-ring (bicyclic) bond motifs is 14. The largest absolute Gasteiger partial charge is 0.496 e. The minimum absolute atomic E-state index is 0. The maximum atomic E-state index is 5.65. The molecule has 4 nitrogen and oxygen atoms in total. The van der Waals surface area contributed by atoms with E-state index >= 15 is 0 Å². The standard InChI is InChI=1S/2C23H25NO.2CH4/c2*1-14-6-7-17-18(9-14)19-10-15(2)23(25-3)12-21(19)22-13-24-8-4-5-16(24)11-20(17)22;;/h2*6-7,9-10,12,16H,4-5,8,11,13H2,1-3H3;2*1H4/t2*16-;;/m00../s1. The number of benzene rings is 6. The van der Waals surface area contributed by atoms with E-state index in [0.717, 1.165) is 36.7 Å². The van der Waals surface area contributed by atoms with Gasteiger partial charge in [0.15, 0.2) is 0 Å². The summed E-state index contributed by atoms with van der Waals surface area (Å²) in [5.41, 5.74) is 11.3. The minimum atomic E-state index is 0. The van der Waals surface area contributed by atoms with E-state index in [-0.39, 0.29) is 14.9 Å². The first-order valence-corrected chi connectivity index (χ1v) is 18.8. The molecule has 272 valence electrons. The van der Waals surface area contributed by atoms with Gasteiger partial charge in [-0.15, -0.1) is 0 Å². The van der Waals surface area contributed by atoms with Crippen LogP contribution >= 0.6 is 0 Å². The Morgan fingerprint density at radius 3 is 1.29 bits per heavy atom. The molecule has 0 N–H and O–H groups in total. The van der Waals surface area contributed by atoms with Crippen LogP contribution in [0.2, 0.25) is 0 Å². The molecule has 0 radical (unpaired) electrons. The van der Waals surface area contributed by atoms with Gasteiger partial charge >= 0.3 is 0 Å². The molecule has 2 saturated heterocycles. The Morgan fingerprint density at radius 2 is 0.885 bits per heavy atom. The number of methoxy groups -OCH3 is 2. The van der Waals surface area contributed by atoms with Gasteiger partial charge in [-0.3, -0.25) is 9.80 Å². The fourth-order valence-electron chi connectivity index (χ4n) is 10.1. The highest BCUT2D eigenvalue weighted by molar-refractivity contribution is 6.13. The summed E-state index contributed by atoms with van der Waals surface area (Å²) in [5, 5.41) is 11.3. The number of nitrogens with zero attached hydrogens (tertiary/aromatic N) is 2. The van der Waals surface area contributed by atoms with Crippen LogP contribution < -0.4 is 9.47 Å². The number of ether oxygens (including phenoxy) is 2. The summed E-state index contributed by atoms with van der Waals surface area (Å²) in [6, 6.07) is 24.7. The van der Waals surface area contributed by atoms with Crippen molar-refractivity contribution >= 4 is 43.1 Å². The van der Waals surface area contributed by atoms with E-state index in [1.807, 2.05) is 0 Å². The minimum Gasteiger partial charge on any atom is -0.496 e. The van der Waals surface area contributed by atoms with Crippen LogP contribution in [0.25, 0.3) is 43.1 Å². The lowest BCUT2D eigenvalue weighted by Gasteiger charge is -2.33. The zero-order chi connectivity index (χ0) is 34.3. The zero-order valence-electron chi connectivity index (χ0n) is 30.7. The monoisotopic (exact) mass is 694 g/mol. The molecular formula is C48H58N2O2. The second kappa shape index (κ2) is 14.0. The lowest BCUT2D eigenvalue weighted by atomic mass is 9.84. The Hall–Kier alpha value is -4.12. The molecule has 52 heavy (non-hydrogen) atoms. The van der Waals surface area contributed by atoms with Crippen molar-refractivity contribution in [3.8, 4) is 11.5 Å². The van der Waals surface area contributed by atoms with Gasteiger partial charge in [0.05, 0.1) is 14.2 Å². The summed E-state index contributed by atoms with van der Waals surface area (Å²) in [7, 11) is 3.56. The first kappa shape index (κ1) is 36.2. The van der Waals surface area contributed by atoms with Gasteiger partial charge in [-0.2, -0.15) is 0 Å². The second-order valence-electron chi connectivity index (χ2n) is 15.7. The van der Waals surface area contributed by atoms with Crippen molar-refractivity contribution in [3.05, 3.63) is 105 Å². The van der Waals surface area contributed by atoms with Crippen molar-refractivity contribution in [2.45, 2.75) is 106 Å². The van der Waals surface area contributed by atoms with Crippen LogP contribution in [0.1, 0.15) is 85.0 Å². The molecule has 0 aliphatic carbocycles. The highest BCUT2D eigenvalue weighted by atomic mass is 16.5. The average molecular weight is 695 g/mol. The van der Waals surface area contributed by atoms with Crippen molar-refractivity contribution in [1.82, 2.24) is 9.80 Å². The third-order valence-electron chi connectivity index (χ3n) is 12.6. The molecule has 4 aliphatic rings. The molecule has 0 aromatic heterocycles. The fraction of sp³-hybridized carbons (Fsp3) is 0.417. The van der Waals surface area contributed by atoms with Crippen LogP contribution in [-0.4, -0.2) is 49.2 Å². The molecule has 0 unspecified atom stereocenters. The van der Waals surface area contributed by atoms with Gasteiger partial charge in [0.1, 0.15) is 11.5 Å². The number of aryl methyl sites for hydroxylation is 4. The van der Waals surface area contributed by atoms with Gasteiger partial charge in [-0.1, -0.05) is 62.4 Å².